The summed E-state index contributed by atoms with van der Waals surface area (Å²) in [5, 5.41) is 21.5. The van der Waals surface area contributed by atoms with Crippen LogP contribution in [0.3, 0.4) is 0 Å². The van der Waals surface area contributed by atoms with Crippen LogP contribution in [-0.2, 0) is 19.1 Å². The number of aliphatic hydroxyl groups is 2. The Morgan fingerprint density at radius 1 is 1.35 bits per heavy atom. The number of hydrogen-bond donors (Lipinski definition) is 2. The maximum Gasteiger partial charge on any atom is 0.339 e. The van der Waals surface area contributed by atoms with Gasteiger partial charge in [0, 0.05) is 18.3 Å². The molecule has 6 heteroatoms. The molecule has 0 radical (unpaired) electrons. The Balaban J connectivity index is 2.21. The second-order valence-electron chi connectivity index (χ2n) is 7.92. The lowest BCUT2D eigenvalue weighted by atomic mass is 9.46. The number of cyclic esters (lactones) is 1. The molecular weight excluding hydrogens is 300 g/mol. The Bertz CT molecular complexity index is 594. The molecule has 2 fully saturated rings. The van der Waals surface area contributed by atoms with Gasteiger partial charge >= 0.3 is 11.9 Å². The molecule has 0 amide bonds. The predicted octanol–water partition coefficient (Wildman–Crippen LogP) is 1.30. The van der Waals surface area contributed by atoms with E-state index in [0.717, 1.165) is 12.8 Å². The van der Waals surface area contributed by atoms with Crippen molar-refractivity contribution in [2.45, 2.75) is 65.0 Å². The maximum atomic E-state index is 12.1. The third kappa shape index (κ3) is 2.01. The average Bonchev–Trinajstić information content (AvgIpc) is 2.61. The molecule has 3 aliphatic rings. The van der Waals surface area contributed by atoms with Crippen LogP contribution in [0.2, 0.25) is 0 Å². The van der Waals surface area contributed by atoms with E-state index in [1.807, 2.05) is 6.92 Å². The minimum atomic E-state index is -1.77. The van der Waals surface area contributed by atoms with Crippen LogP contribution in [0.5, 0.6) is 0 Å². The molecule has 1 heterocycles. The van der Waals surface area contributed by atoms with Gasteiger partial charge in [-0.3, -0.25) is 4.79 Å². The highest BCUT2D eigenvalue weighted by atomic mass is 16.7. The van der Waals surface area contributed by atoms with Crippen molar-refractivity contribution in [2.24, 2.45) is 16.7 Å². The third-order valence-corrected chi connectivity index (χ3v) is 6.08. The van der Waals surface area contributed by atoms with Gasteiger partial charge in [0.25, 0.3) is 0 Å². The Hall–Kier alpha value is -1.40. The molecular formula is C17H24O6. The second-order valence-corrected chi connectivity index (χ2v) is 7.92. The van der Waals surface area contributed by atoms with Gasteiger partial charge in [-0.15, -0.1) is 0 Å². The van der Waals surface area contributed by atoms with E-state index in [0.29, 0.717) is 6.42 Å². The molecule has 6 nitrogen and oxygen atoms in total. The van der Waals surface area contributed by atoms with E-state index < -0.39 is 35.3 Å². The number of esters is 2. The molecule has 1 saturated carbocycles. The van der Waals surface area contributed by atoms with Crippen molar-refractivity contribution in [1.29, 1.82) is 0 Å². The average molecular weight is 324 g/mol. The van der Waals surface area contributed by atoms with Crippen molar-refractivity contribution in [3.63, 3.8) is 0 Å². The highest BCUT2D eigenvalue weighted by molar-refractivity contribution is 5.94. The van der Waals surface area contributed by atoms with E-state index >= 15 is 0 Å². The quantitative estimate of drug-likeness (QED) is 0.706. The molecule has 0 bridgehead atoms. The zero-order valence-corrected chi connectivity index (χ0v) is 14.0. The Labute approximate surface area is 135 Å². The topological polar surface area (TPSA) is 93.1 Å². The highest BCUT2D eigenvalue weighted by Gasteiger charge is 2.71. The first-order valence-corrected chi connectivity index (χ1v) is 8.05. The van der Waals surface area contributed by atoms with E-state index in [2.05, 4.69) is 13.8 Å². The monoisotopic (exact) mass is 324 g/mol. The molecule has 2 aliphatic carbocycles. The van der Waals surface area contributed by atoms with E-state index in [1.54, 1.807) is 0 Å². The summed E-state index contributed by atoms with van der Waals surface area (Å²) in [6, 6.07) is 0. The first-order valence-electron chi connectivity index (χ1n) is 8.05. The van der Waals surface area contributed by atoms with Gasteiger partial charge in [0.05, 0.1) is 5.57 Å². The summed E-state index contributed by atoms with van der Waals surface area (Å²) in [6.07, 6.45) is 1.63. The third-order valence-electron chi connectivity index (χ3n) is 6.08. The largest absolute Gasteiger partial charge is 0.458 e. The van der Waals surface area contributed by atoms with Gasteiger partial charge < -0.3 is 19.7 Å². The van der Waals surface area contributed by atoms with Crippen LogP contribution in [0.15, 0.2) is 11.6 Å². The van der Waals surface area contributed by atoms with Gasteiger partial charge in [-0.1, -0.05) is 27.2 Å². The Kier molecular flexibility index (Phi) is 3.44. The molecule has 1 aliphatic heterocycles. The van der Waals surface area contributed by atoms with Crippen LogP contribution in [0.1, 0.15) is 47.0 Å². The number of carbonyl (C=O) groups excluding carboxylic acids is 2. The number of fused-ring (bicyclic) bond motifs is 3. The number of carbonyl (C=O) groups is 2. The number of ether oxygens (including phenoxy) is 2. The fraction of sp³-hybridized carbons (Fsp3) is 0.765. The first-order chi connectivity index (χ1) is 10.5. The molecule has 0 aromatic heterocycles. The fourth-order valence-corrected chi connectivity index (χ4v) is 5.20. The van der Waals surface area contributed by atoms with Gasteiger partial charge in [0.15, 0.2) is 5.60 Å². The Morgan fingerprint density at radius 2 is 2.00 bits per heavy atom. The fourth-order valence-electron chi connectivity index (χ4n) is 5.20. The van der Waals surface area contributed by atoms with Crippen molar-refractivity contribution in [2.75, 3.05) is 0 Å². The van der Waals surface area contributed by atoms with Gasteiger partial charge in [0.1, 0.15) is 6.10 Å². The lowest BCUT2D eigenvalue weighted by Crippen LogP contribution is -2.66. The number of rotatable bonds is 1. The van der Waals surface area contributed by atoms with E-state index in [-0.39, 0.29) is 16.9 Å². The summed E-state index contributed by atoms with van der Waals surface area (Å²) in [6.45, 7) is 7.32. The zero-order chi connectivity index (χ0) is 17.2. The van der Waals surface area contributed by atoms with Crippen LogP contribution in [0.4, 0.5) is 0 Å². The summed E-state index contributed by atoms with van der Waals surface area (Å²) in [5.41, 5.74) is -2.82. The van der Waals surface area contributed by atoms with E-state index in [4.69, 9.17) is 9.47 Å². The molecule has 128 valence electrons. The summed E-state index contributed by atoms with van der Waals surface area (Å²) in [5.74, 6) is -1.42. The van der Waals surface area contributed by atoms with E-state index in [1.165, 1.54) is 13.0 Å². The number of hydrogen-bond acceptors (Lipinski definition) is 6. The van der Waals surface area contributed by atoms with Crippen LogP contribution in [0.25, 0.3) is 0 Å². The molecule has 1 saturated heterocycles. The van der Waals surface area contributed by atoms with Crippen LogP contribution in [-0.4, -0.2) is 40.1 Å². The SMILES string of the molecule is CC(=O)O[C@@H]1C=C2C(=O)O[C@@H](O)[C@]2(O)[C@@]2(C)CCCC(C)(C)[C@H]12. The van der Waals surface area contributed by atoms with Gasteiger partial charge in [-0.05, 0) is 24.3 Å². The van der Waals surface area contributed by atoms with Gasteiger partial charge in [0.2, 0.25) is 6.29 Å². The minimum absolute atomic E-state index is 0.00713. The van der Waals surface area contributed by atoms with Gasteiger partial charge in [-0.2, -0.15) is 0 Å². The molecule has 5 atom stereocenters. The summed E-state index contributed by atoms with van der Waals surface area (Å²) < 4.78 is 10.4. The van der Waals surface area contributed by atoms with Crippen molar-refractivity contribution < 1.29 is 29.3 Å². The molecule has 0 aromatic rings. The minimum Gasteiger partial charge on any atom is -0.458 e. The molecule has 0 aromatic carbocycles. The molecule has 3 rings (SSSR count). The number of aliphatic hydroxyl groups excluding tert-OH is 1. The van der Waals surface area contributed by atoms with Crippen LogP contribution >= 0.6 is 0 Å². The normalized spacial score (nSPS) is 44.7. The lowest BCUT2D eigenvalue weighted by molar-refractivity contribution is -0.243. The van der Waals surface area contributed by atoms with Crippen molar-refractivity contribution in [3.8, 4) is 0 Å². The van der Waals surface area contributed by atoms with Crippen molar-refractivity contribution in [1.82, 2.24) is 0 Å². The molecule has 2 N–H and O–H groups in total. The first kappa shape index (κ1) is 16.5. The molecule has 0 spiro atoms. The summed E-state index contributed by atoms with van der Waals surface area (Å²) in [4.78, 5) is 23.6. The smallest absolute Gasteiger partial charge is 0.339 e. The van der Waals surface area contributed by atoms with Crippen molar-refractivity contribution >= 4 is 11.9 Å². The molecule has 23 heavy (non-hydrogen) atoms. The summed E-state index contributed by atoms with van der Waals surface area (Å²) in [7, 11) is 0. The van der Waals surface area contributed by atoms with Gasteiger partial charge in [-0.25, -0.2) is 4.79 Å². The van der Waals surface area contributed by atoms with Crippen molar-refractivity contribution in [3.05, 3.63) is 11.6 Å². The molecule has 0 unspecified atom stereocenters. The summed E-state index contributed by atoms with van der Waals surface area (Å²) >= 11 is 0. The Morgan fingerprint density at radius 3 is 2.61 bits per heavy atom. The maximum absolute atomic E-state index is 12.1. The standard InChI is InChI=1S/C17H24O6/c1-9(18)22-11-8-10-13(19)23-14(20)17(10,21)16(4)7-5-6-15(2,3)12(11)16/h8,11-12,14,20-21H,5-7H2,1-4H3/t11-,12+,14-,16+,17+/m1/s1. The van der Waals surface area contributed by atoms with E-state index in [9.17, 15) is 19.8 Å². The highest BCUT2D eigenvalue weighted by Crippen LogP contribution is 2.64. The lowest BCUT2D eigenvalue weighted by Gasteiger charge is -2.60. The second kappa shape index (κ2) is 4.80. The van der Waals surface area contributed by atoms with Crippen LogP contribution < -0.4 is 0 Å². The zero-order valence-electron chi connectivity index (χ0n) is 14.0. The van der Waals surface area contributed by atoms with Crippen LogP contribution in [0, 0.1) is 16.7 Å². The predicted molar refractivity (Wildman–Crippen MR) is 79.9 cm³/mol.